The predicted molar refractivity (Wildman–Crippen MR) is 91.2 cm³/mol. The first-order chi connectivity index (χ1) is 11.5. The van der Waals surface area contributed by atoms with Crippen molar-refractivity contribution < 1.29 is 14.3 Å². The van der Waals surface area contributed by atoms with E-state index in [4.69, 9.17) is 4.74 Å². The molecule has 1 unspecified atom stereocenters. The highest BCUT2D eigenvalue weighted by Crippen LogP contribution is 2.19. The lowest BCUT2D eigenvalue weighted by Gasteiger charge is -2.11. The van der Waals surface area contributed by atoms with Crippen LogP contribution in [0.5, 0.6) is 0 Å². The zero-order valence-electron chi connectivity index (χ0n) is 13.2. The summed E-state index contributed by atoms with van der Waals surface area (Å²) in [5.41, 5.74) is 0.716. The van der Waals surface area contributed by atoms with Gasteiger partial charge in [-0.25, -0.2) is 9.78 Å². The van der Waals surface area contributed by atoms with E-state index in [1.54, 1.807) is 38.1 Å². The van der Waals surface area contributed by atoms with Gasteiger partial charge in [0.2, 0.25) is 5.91 Å². The SMILES string of the molecule is CCOC(=O)c1ccc(NC(=O)C(C)Sc2nccc(=O)[nH]2)cc1. The van der Waals surface area contributed by atoms with E-state index in [9.17, 15) is 14.4 Å². The molecule has 1 amide bonds. The number of nitrogens with one attached hydrogen (secondary N) is 2. The van der Waals surface area contributed by atoms with Gasteiger partial charge < -0.3 is 15.0 Å². The minimum atomic E-state index is -0.458. The van der Waals surface area contributed by atoms with Crippen LogP contribution in [-0.4, -0.2) is 33.7 Å². The van der Waals surface area contributed by atoms with E-state index >= 15 is 0 Å². The van der Waals surface area contributed by atoms with Crippen molar-refractivity contribution in [3.63, 3.8) is 0 Å². The fourth-order valence-corrected chi connectivity index (χ4v) is 2.56. The molecule has 0 bridgehead atoms. The number of aromatic amines is 1. The normalized spacial score (nSPS) is 11.6. The maximum Gasteiger partial charge on any atom is 0.338 e. The second-order valence-corrected chi connectivity index (χ2v) is 6.12. The minimum Gasteiger partial charge on any atom is -0.462 e. The number of carbonyl (C=O) groups is 2. The first-order valence-corrected chi connectivity index (χ1v) is 8.17. The molecule has 126 valence electrons. The number of rotatable bonds is 6. The van der Waals surface area contributed by atoms with Gasteiger partial charge >= 0.3 is 5.97 Å². The monoisotopic (exact) mass is 347 g/mol. The Morgan fingerprint density at radius 3 is 2.62 bits per heavy atom. The Balaban J connectivity index is 1.96. The summed E-state index contributed by atoms with van der Waals surface area (Å²) in [6, 6.07) is 7.73. The summed E-state index contributed by atoms with van der Waals surface area (Å²) in [7, 11) is 0. The van der Waals surface area contributed by atoms with E-state index in [0.717, 1.165) is 11.8 Å². The topological polar surface area (TPSA) is 101 Å². The number of ether oxygens (including phenoxy) is 1. The van der Waals surface area contributed by atoms with E-state index < -0.39 is 11.2 Å². The lowest BCUT2D eigenvalue weighted by molar-refractivity contribution is -0.115. The van der Waals surface area contributed by atoms with Crippen molar-refractivity contribution >= 4 is 29.3 Å². The van der Waals surface area contributed by atoms with Gasteiger partial charge in [-0.05, 0) is 38.1 Å². The average Bonchev–Trinajstić information content (AvgIpc) is 2.55. The largest absolute Gasteiger partial charge is 0.462 e. The molecule has 1 heterocycles. The lowest BCUT2D eigenvalue weighted by atomic mass is 10.2. The molecule has 24 heavy (non-hydrogen) atoms. The Labute approximate surface area is 142 Å². The average molecular weight is 347 g/mol. The molecular weight excluding hydrogens is 330 g/mol. The minimum absolute atomic E-state index is 0.240. The fraction of sp³-hybridized carbons (Fsp3) is 0.250. The Hall–Kier alpha value is -2.61. The van der Waals surface area contributed by atoms with Gasteiger partial charge in [0.15, 0.2) is 5.16 Å². The fourth-order valence-electron chi connectivity index (χ4n) is 1.78. The molecule has 0 radical (unpaired) electrons. The molecule has 0 saturated carbocycles. The van der Waals surface area contributed by atoms with Gasteiger partial charge in [-0.15, -0.1) is 0 Å². The molecule has 2 rings (SSSR count). The molecule has 0 aliphatic heterocycles. The lowest BCUT2D eigenvalue weighted by Crippen LogP contribution is -2.23. The molecule has 7 nitrogen and oxygen atoms in total. The number of carbonyl (C=O) groups excluding carboxylic acids is 2. The van der Waals surface area contributed by atoms with Crippen molar-refractivity contribution in [1.82, 2.24) is 9.97 Å². The van der Waals surface area contributed by atoms with Crippen LogP contribution in [0, 0.1) is 0 Å². The summed E-state index contributed by atoms with van der Waals surface area (Å²) >= 11 is 1.15. The summed E-state index contributed by atoms with van der Waals surface area (Å²) in [6.45, 7) is 3.75. The molecule has 0 saturated heterocycles. The van der Waals surface area contributed by atoms with E-state index in [0.29, 0.717) is 23.0 Å². The molecule has 1 aromatic carbocycles. The van der Waals surface area contributed by atoms with Crippen molar-refractivity contribution in [3.05, 3.63) is 52.4 Å². The molecule has 0 aliphatic rings. The van der Waals surface area contributed by atoms with Gasteiger partial charge in [-0.1, -0.05) is 11.8 Å². The molecule has 1 atom stereocenters. The van der Waals surface area contributed by atoms with Crippen LogP contribution in [0.15, 0.2) is 46.5 Å². The second-order valence-electron chi connectivity index (χ2n) is 4.79. The first kappa shape index (κ1) is 17.7. The van der Waals surface area contributed by atoms with Crippen molar-refractivity contribution in [1.29, 1.82) is 0 Å². The van der Waals surface area contributed by atoms with Crippen molar-refractivity contribution in [2.45, 2.75) is 24.3 Å². The number of H-pyrrole nitrogens is 1. The van der Waals surface area contributed by atoms with Crippen LogP contribution in [0.3, 0.4) is 0 Å². The van der Waals surface area contributed by atoms with Crippen LogP contribution < -0.4 is 10.9 Å². The van der Waals surface area contributed by atoms with E-state index in [1.807, 2.05) is 0 Å². The highest BCUT2D eigenvalue weighted by molar-refractivity contribution is 8.00. The number of benzene rings is 1. The van der Waals surface area contributed by atoms with Crippen LogP contribution in [-0.2, 0) is 9.53 Å². The molecular formula is C16H17N3O4S. The quantitative estimate of drug-likeness (QED) is 0.471. The zero-order valence-corrected chi connectivity index (χ0v) is 14.1. The highest BCUT2D eigenvalue weighted by atomic mass is 32.2. The van der Waals surface area contributed by atoms with Crippen LogP contribution in [0.1, 0.15) is 24.2 Å². The maximum atomic E-state index is 12.2. The Morgan fingerprint density at radius 1 is 1.29 bits per heavy atom. The first-order valence-electron chi connectivity index (χ1n) is 7.29. The molecule has 2 N–H and O–H groups in total. The standard InChI is InChI=1S/C16H17N3O4S/c1-3-23-15(22)11-4-6-12(7-5-11)18-14(21)10(2)24-16-17-9-8-13(20)19-16/h4-10H,3H2,1-2H3,(H,18,21)(H,17,19,20). The van der Waals surface area contributed by atoms with Crippen molar-refractivity contribution in [2.75, 3.05) is 11.9 Å². The Kier molecular flexibility index (Phi) is 6.14. The Morgan fingerprint density at radius 2 is 2.00 bits per heavy atom. The molecule has 0 fully saturated rings. The van der Waals surface area contributed by atoms with Crippen LogP contribution in [0.4, 0.5) is 5.69 Å². The zero-order chi connectivity index (χ0) is 17.5. The molecule has 1 aromatic heterocycles. The summed E-state index contributed by atoms with van der Waals surface area (Å²) in [6.07, 6.45) is 1.39. The third-order valence-electron chi connectivity index (χ3n) is 2.97. The summed E-state index contributed by atoms with van der Waals surface area (Å²) < 4.78 is 4.90. The van der Waals surface area contributed by atoms with Gasteiger partial charge in [0, 0.05) is 18.0 Å². The smallest absolute Gasteiger partial charge is 0.338 e. The molecule has 0 spiro atoms. The number of aromatic nitrogens is 2. The Bertz CT molecular complexity index is 773. The summed E-state index contributed by atoms with van der Waals surface area (Å²) in [5, 5.41) is 2.66. The predicted octanol–water partition coefficient (Wildman–Crippen LogP) is 2.07. The van der Waals surface area contributed by atoms with Crippen LogP contribution in [0.25, 0.3) is 0 Å². The van der Waals surface area contributed by atoms with Gasteiger partial charge in [0.05, 0.1) is 17.4 Å². The number of esters is 1. The summed E-state index contributed by atoms with van der Waals surface area (Å²) in [4.78, 5) is 41.5. The molecule has 0 aliphatic carbocycles. The molecule has 2 aromatic rings. The van der Waals surface area contributed by atoms with E-state index in [-0.39, 0.29) is 11.5 Å². The van der Waals surface area contributed by atoms with Gasteiger partial charge in [-0.2, -0.15) is 0 Å². The number of amides is 1. The third kappa shape index (κ3) is 4.95. The number of anilines is 1. The summed E-state index contributed by atoms with van der Waals surface area (Å²) in [5.74, 6) is -0.645. The number of nitrogens with zero attached hydrogens (tertiary/aromatic N) is 1. The number of hydrogen-bond donors (Lipinski definition) is 2. The van der Waals surface area contributed by atoms with Crippen LogP contribution in [0.2, 0.25) is 0 Å². The second kappa shape index (κ2) is 8.30. The van der Waals surface area contributed by atoms with Crippen LogP contribution >= 0.6 is 11.8 Å². The maximum absolute atomic E-state index is 12.2. The van der Waals surface area contributed by atoms with Crippen molar-refractivity contribution in [3.8, 4) is 0 Å². The van der Waals surface area contributed by atoms with Gasteiger partial charge in [0.25, 0.3) is 5.56 Å². The van der Waals surface area contributed by atoms with E-state index in [1.165, 1.54) is 12.3 Å². The van der Waals surface area contributed by atoms with Gasteiger partial charge in [-0.3, -0.25) is 9.59 Å². The van der Waals surface area contributed by atoms with E-state index in [2.05, 4.69) is 15.3 Å². The van der Waals surface area contributed by atoms with Gasteiger partial charge in [0.1, 0.15) is 0 Å². The third-order valence-corrected chi connectivity index (χ3v) is 3.97. The number of hydrogen-bond acceptors (Lipinski definition) is 6. The highest BCUT2D eigenvalue weighted by Gasteiger charge is 2.16. The number of thioether (sulfide) groups is 1. The van der Waals surface area contributed by atoms with Crippen molar-refractivity contribution in [2.24, 2.45) is 0 Å². The molecule has 8 heteroatoms.